The normalized spacial score (nSPS) is 16.8. The third kappa shape index (κ3) is 4.10. The van der Waals surface area contributed by atoms with Gasteiger partial charge in [-0.2, -0.15) is 13.2 Å². The lowest BCUT2D eigenvalue weighted by Crippen LogP contribution is -2.35. The highest BCUT2D eigenvalue weighted by molar-refractivity contribution is 7.99. The summed E-state index contributed by atoms with van der Waals surface area (Å²) in [6.07, 6.45) is -4.47. The van der Waals surface area contributed by atoms with Crippen LogP contribution in [-0.2, 0) is 11.0 Å². The molecule has 1 atom stereocenters. The minimum Gasteiger partial charge on any atom is -0.325 e. The van der Waals surface area contributed by atoms with Crippen LogP contribution in [0.2, 0.25) is 0 Å². The number of thioether (sulfide) groups is 1. The van der Waals surface area contributed by atoms with Crippen LogP contribution in [0.3, 0.4) is 0 Å². The summed E-state index contributed by atoms with van der Waals surface area (Å²) in [5, 5.41) is -0.662. The molecule has 0 saturated carbocycles. The Labute approximate surface area is 177 Å². The van der Waals surface area contributed by atoms with Crippen molar-refractivity contribution >= 4 is 17.7 Å². The van der Waals surface area contributed by atoms with Crippen molar-refractivity contribution in [3.8, 4) is 0 Å². The standard InChI is InChI=1S/C24H20F3NOS/c25-24(26,27)20-14-8-7-13-19(20)23-28(15-16-30-23)22(29)21(17-9-3-1-4-10-17)18-11-5-2-6-12-18/h1-14,21,23H,15-16H2. The predicted octanol–water partition coefficient (Wildman–Crippen LogP) is 6.11. The first-order chi connectivity index (χ1) is 14.5. The summed E-state index contributed by atoms with van der Waals surface area (Å²) < 4.78 is 40.8. The van der Waals surface area contributed by atoms with Gasteiger partial charge in [0, 0.05) is 12.3 Å². The first kappa shape index (κ1) is 20.5. The smallest absolute Gasteiger partial charge is 0.325 e. The van der Waals surface area contributed by atoms with Crippen LogP contribution >= 0.6 is 11.8 Å². The Bertz CT molecular complexity index is 968. The van der Waals surface area contributed by atoms with Gasteiger partial charge in [0.1, 0.15) is 5.37 Å². The van der Waals surface area contributed by atoms with Crippen molar-refractivity contribution in [1.82, 2.24) is 4.90 Å². The van der Waals surface area contributed by atoms with Crippen molar-refractivity contribution in [1.29, 1.82) is 0 Å². The van der Waals surface area contributed by atoms with Gasteiger partial charge in [0.25, 0.3) is 0 Å². The van der Waals surface area contributed by atoms with Crippen molar-refractivity contribution in [2.24, 2.45) is 0 Å². The van der Waals surface area contributed by atoms with Crippen LogP contribution < -0.4 is 0 Å². The number of carbonyl (C=O) groups is 1. The highest BCUT2D eigenvalue weighted by atomic mass is 32.2. The van der Waals surface area contributed by atoms with Crippen LogP contribution in [-0.4, -0.2) is 23.1 Å². The lowest BCUT2D eigenvalue weighted by atomic mass is 9.89. The molecule has 0 aromatic heterocycles. The van der Waals surface area contributed by atoms with Gasteiger partial charge in [-0.25, -0.2) is 0 Å². The third-order valence-corrected chi connectivity index (χ3v) is 6.46. The van der Waals surface area contributed by atoms with Gasteiger partial charge in [-0.15, -0.1) is 11.8 Å². The van der Waals surface area contributed by atoms with E-state index in [9.17, 15) is 18.0 Å². The molecule has 30 heavy (non-hydrogen) atoms. The van der Waals surface area contributed by atoms with E-state index in [0.29, 0.717) is 12.3 Å². The van der Waals surface area contributed by atoms with Crippen molar-refractivity contribution < 1.29 is 18.0 Å². The molecule has 1 heterocycles. The number of hydrogen-bond acceptors (Lipinski definition) is 2. The maximum atomic E-state index is 13.7. The molecule has 1 amide bonds. The second-order valence-electron chi connectivity index (χ2n) is 7.09. The zero-order chi connectivity index (χ0) is 21.1. The van der Waals surface area contributed by atoms with Crippen LogP contribution in [0.1, 0.15) is 33.5 Å². The number of amides is 1. The molecular formula is C24H20F3NOS. The first-order valence-electron chi connectivity index (χ1n) is 9.65. The van der Waals surface area contributed by atoms with E-state index < -0.39 is 23.0 Å². The highest BCUT2D eigenvalue weighted by Crippen LogP contribution is 2.45. The molecule has 0 radical (unpaired) electrons. The maximum Gasteiger partial charge on any atom is 0.416 e. The summed E-state index contributed by atoms with van der Waals surface area (Å²) in [5.74, 6) is -0.148. The largest absolute Gasteiger partial charge is 0.416 e. The maximum absolute atomic E-state index is 13.7. The Kier molecular flexibility index (Phi) is 5.86. The van der Waals surface area contributed by atoms with E-state index in [1.54, 1.807) is 11.0 Å². The molecule has 3 aromatic carbocycles. The summed E-state index contributed by atoms with van der Waals surface area (Å²) in [4.78, 5) is 15.3. The van der Waals surface area contributed by atoms with Gasteiger partial charge in [0.05, 0.1) is 11.5 Å². The quantitative estimate of drug-likeness (QED) is 0.501. The van der Waals surface area contributed by atoms with E-state index in [-0.39, 0.29) is 11.5 Å². The summed E-state index contributed by atoms with van der Waals surface area (Å²) >= 11 is 1.38. The molecule has 154 valence electrons. The summed E-state index contributed by atoms with van der Waals surface area (Å²) in [6, 6.07) is 24.3. The Morgan fingerprint density at radius 1 is 0.867 bits per heavy atom. The highest BCUT2D eigenvalue weighted by Gasteiger charge is 2.41. The number of benzene rings is 3. The number of alkyl halides is 3. The van der Waals surface area contributed by atoms with Crippen LogP contribution in [0.25, 0.3) is 0 Å². The molecule has 2 nitrogen and oxygen atoms in total. The zero-order valence-corrected chi connectivity index (χ0v) is 16.9. The summed E-state index contributed by atoms with van der Waals surface area (Å²) in [6.45, 7) is 0.413. The molecule has 4 rings (SSSR count). The van der Waals surface area contributed by atoms with Crippen molar-refractivity contribution in [3.05, 3.63) is 107 Å². The second-order valence-corrected chi connectivity index (χ2v) is 8.28. The zero-order valence-electron chi connectivity index (χ0n) is 16.0. The van der Waals surface area contributed by atoms with E-state index in [0.717, 1.165) is 17.2 Å². The second kappa shape index (κ2) is 8.56. The van der Waals surface area contributed by atoms with Gasteiger partial charge in [0.15, 0.2) is 0 Å². The summed E-state index contributed by atoms with van der Waals surface area (Å²) in [5.41, 5.74) is 1.11. The number of nitrogens with zero attached hydrogens (tertiary/aromatic N) is 1. The fourth-order valence-electron chi connectivity index (χ4n) is 3.86. The number of hydrogen-bond donors (Lipinski definition) is 0. The Morgan fingerprint density at radius 3 is 1.97 bits per heavy atom. The average Bonchev–Trinajstić information content (AvgIpc) is 3.25. The van der Waals surface area contributed by atoms with Gasteiger partial charge in [-0.05, 0) is 22.8 Å². The number of carbonyl (C=O) groups excluding carboxylic acids is 1. The molecule has 0 bridgehead atoms. The van der Waals surface area contributed by atoms with E-state index in [1.807, 2.05) is 60.7 Å². The SMILES string of the molecule is O=C(C(c1ccccc1)c1ccccc1)N1CCSC1c1ccccc1C(F)(F)F. The fourth-order valence-corrected chi connectivity index (χ4v) is 5.16. The van der Waals surface area contributed by atoms with E-state index in [1.165, 1.54) is 23.9 Å². The van der Waals surface area contributed by atoms with Gasteiger partial charge in [0.2, 0.25) is 5.91 Å². The minimum absolute atomic E-state index is 0.140. The minimum atomic E-state index is -4.47. The monoisotopic (exact) mass is 427 g/mol. The molecule has 1 unspecified atom stereocenters. The lowest BCUT2D eigenvalue weighted by molar-refractivity contribution is -0.140. The molecule has 0 spiro atoms. The van der Waals surface area contributed by atoms with Crippen molar-refractivity contribution in [3.63, 3.8) is 0 Å². The molecule has 1 aliphatic rings. The number of halogens is 3. The van der Waals surface area contributed by atoms with Gasteiger partial charge < -0.3 is 4.90 Å². The molecule has 1 aliphatic heterocycles. The number of rotatable bonds is 4. The molecule has 0 aliphatic carbocycles. The van der Waals surface area contributed by atoms with E-state index in [4.69, 9.17) is 0 Å². The first-order valence-corrected chi connectivity index (χ1v) is 10.7. The van der Waals surface area contributed by atoms with Crippen LogP contribution in [0, 0.1) is 0 Å². The van der Waals surface area contributed by atoms with E-state index in [2.05, 4.69) is 0 Å². The van der Waals surface area contributed by atoms with Crippen LogP contribution in [0.15, 0.2) is 84.9 Å². The lowest BCUT2D eigenvalue weighted by Gasteiger charge is -2.30. The van der Waals surface area contributed by atoms with Crippen LogP contribution in [0.5, 0.6) is 0 Å². The molecule has 0 N–H and O–H groups in total. The van der Waals surface area contributed by atoms with E-state index >= 15 is 0 Å². The Hall–Kier alpha value is -2.73. The van der Waals surface area contributed by atoms with Crippen LogP contribution in [0.4, 0.5) is 13.2 Å². The fraction of sp³-hybridized carbons (Fsp3) is 0.208. The van der Waals surface area contributed by atoms with Gasteiger partial charge >= 0.3 is 6.18 Å². The van der Waals surface area contributed by atoms with Gasteiger partial charge in [-0.3, -0.25) is 4.79 Å². The molecule has 1 saturated heterocycles. The summed E-state index contributed by atoms with van der Waals surface area (Å²) in [7, 11) is 0. The predicted molar refractivity (Wildman–Crippen MR) is 113 cm³/mol. The average molecular weight is 427 g/mol. The molecular weight excluding hydrogens is 407 g/mol. The van der Waals surface area contributed by atoms with Gasteiger partial charge in [-0.1, -0.05) is 78.9 Å². The molecule has 3 aromatic rings. The Balaban J connectivity index is 1.74. The third-order valence-electron chi connectivity index (χ3n) is 5.22. The topological polar surface area (TPSA) is 20.3 Å². The molecule has 6 heteroatoms. The van der Waals surface area contributed by atoms with Crippen molar-refractivity contribution in [2.45, 2.75) is 17.5 Å². The Morgan fingerprint density at radius 2 is 1.40 bits per heavy atom. The van der Waals surface area contributed by atoms with Crippen molar-refractivity contribution in [2.75, 3.05) is 12.3 Å². The molecule has 1 fully saturated rings.